The molecule has 0 radical (unpaired) electrons. The molecule has 0 spiro atoms. The number of carboxylic acid groups (broad SMARTS) is 4. The van der Waals surface area contributed by atoms with Gasteiger partial charge in [-0.3, -0.25) is 24.5 Å². The van der Waals surface area contributed by atoms with Crippen LogP contribution in [0.4, 0.5) is 10.5 Å². The molecule has 42 nitrogen and oxygen atoms in total. The molecule has 0 aliphatic carbocycles. The number of aryl methyl sites for hydroxylation is 1. The maximum Gasteiger partial charge on any atom is 0.412 e. The number of ether oxygens (including phenoxy) is 6. The predicted octanol–water partition coefficient (Wildman–Crippen LogP) is 14.7. The van der Waals surface area contributed by atoms with Crippen LogP contribution in [0, 0.1) is 12.8 Å². The van der Waals surface area contributed by atoms with Gasteiger partial charge in [0.2, 0.25) is 5.91 Å². The van der Waals surface area contributed by atoms with Gasteiger partial charge in [-0.15, -0.1) is 0 Å². The predicted molar refractivity (Wildman–Crippen MR) is 541 cm³/mol. The Balaban J connectivity index is 0.000000209. The molecule has 776 valence electrons. The zero-order valence-electron chi connectivity index (χ0n) is 81.5. The van der Waals surface area contributed by atoms with E-state index in [0.717, 1.165) is 51.6 Å². The molecule has 7 heterocycles. The lowest BCUT2D eigenvalue weighted by Crippen LogP contribution is -2.30. The summed E-state index contributed by atoms with van der Waals surface area (Å²) in [4.78, 5) is 193. The van der Waals surface area contributed by atoms with Crippen molar-refractivity contribution in [2.45, 2.75) is 85.4 Å². The first-order valence-electron chi connectivity index (χ1n) is 44.0. The molecule has 2 amide bonds. The minimum absolute atomic E-state index is 0.000276. The van der Waals surface area contributed by atoms with E-state index >= 15 is 0 Å². The van der Waals surface area contributed by atoms with Gasteiger partial charge in [-0.25, -0.2) is 62.3 Å². The van der Waals surface area contributed by atoms with Crippen LogP contribution < -0.4 is 44.4 Å². The number of anilines is 1. The summed E-state index contributed by atoms with van der Waals surface area (Å²) in [5.41, 5.74) is -0.0734. The average Bonchev–Trinajstić information content (AvgIpc) is 0.770. The number of fused-ring (bicyclic) bond motifs is 7. The van der Waals surface area contributed by atoms with Crippen molar-refractivity contribution in [1.29, 1.82) is 0 Å². The second-order valence-electron chi connectivity index (χ2n) is 33.5. The number of methoxy groups -OCH3 is 4. The molecule has 12 N–H and O–H groups in total. The monoisotopic (exact) mass is 2050 g/mol. The number of nitrogens with one attached hydrogen (secondary N) is 2. The van der Waals surface area contributed by atoms with E-state index in [-0.39, 0.29) is 121 Å². The minimum Gasteiger partial charge on any atom is -0.508 e. The normalized spacial score (nSPS) is 11.6. The molecule has 0 bridgehead atoms. The lowest BCUT2D eigenvalue weighted by molar-refractivity contribution is -0.155. The number of hydrogen-bond acceptors (Lipinski definition) is 36. The quantitative estimate of drug-likeness (QED) is 0.0111. The van der Waals surface area contributed by atoms with Gasteiger partial charge in [-0.1, -0.05) is 18.2 Å². The van der Waals surface area contributed by atoms with Crippen LogP contribution in [0.1, 0.15) is 105 Å². The smallest absolute Gasteiger partial charge is 0.412 e. The number of aromatic carboxylic acids is 1. The fraction of sp³-hybridized carbons (Fsp3) is 0.187. The summed E-state index contributed by atoms with van der Waals surface area (Å²) in [6.45, 7) is 12.9. The number of esters is 5. The standard InChI is InChI=1S/C20H23NO6.C18H19NO4.C13H17NO6.C13H10O5.C12H8O5.C11H8O5.C10H6O5.C10H8O3/c1-20(2,3)27-18(24)5-4-10-21-17(23)9-7-14-11-13-6-8-15(22)12-16(13)26-19(14)25;1-18(2,3)23-17(22)19-15-8-7-13-10-12(5-9-16(20)21)4-6-14(13)11-15;1-14-6-9(12(16)19-3)8(5-11(15)18-2)10(7-14)13(17)20-4;1-17-12(15)5-3-9-6-8-2-4-10(14)7-11(8)18-13(9)16;13-9-3-1-7-5-8(2-4-11(14)15)12(16)17-10(7)6-9;12-7-1-2-8-6(3-10(13)14)4-11(15)16-9(8)5-7;11-6-2-1-5-3-7(9(12)13)10(14)15-8(5)4-6;1-6-4-10(12)13-9-5-7(11)2-3-8(6)9/h6-9,11-12,22H,4-5,10H2,1-3H3,(H,21,23);4-11H,1-3H3,(H,19,22)(H,20,21);6-8H,5H2,1-4H3;2-7,14H,1H3;1-6,13H,(H,14,15);1-2,4-5,12H,3H2,(H,13,14);1-4,11H,(H,12,13);2-5,11H,1H3/b9-7+;9-5+;;5-3+;4-2+;;;. The third kappa shape index (κ3) is 36.3. The molecule has 14 aromatic rings. The number of carbonyl (C=O) groups is 11. The SMILES string of the molecule is CC(C)(C)OC(=O)CCCNC(=O)/C=C/c1cc2ccc(O)cc2oc1=O.CC(C)(C)OC(=O)Nc1ccc2cc(/C=C/C(=O)O)ccc2c1.COC(=O)/C=C/c1cc2ccc(O)cc2oc1=O.COC(=O)CC1C(C(=O)OC)=CN(C)C=C1C(=O)OC.Cc1cc(=O)oc2cc(O)ccc12.O=C(O)/C=C/c1cc2ccc(O)cc2oc1=O.O=C(O)Cc1cc(=O)oc2cc(O)ccc12.O=C(O)c1cc2ccc(O)cc2oc1=O. The number of phenols is 6. The highest BCUT2D eigenvalue weighted by Crippen LogP contribution is 2.33. The highest BCUT2D eigenvalue weighted by Gasteiger charge is 2.35. The van der Waals surface area contributed by atoms with Crippen molar-refractivity contribution < 1.29 is 159 Å². The van der Waals surface area contributed by atoms with Gasteiger partial charge < -0.3 is 116 Å². The van der Waals surface area contributed by atoms with E-state index < -0.39 is 110 Å². The summed E-state index contributed by atoms with van der Waals surface area (Å²) in [6, 6.07) is 45.8. The van der Waals surface area contributed by atoms with E-state index in [1.165, 1.54) is 173 Å². The Morgan fingerprint density at radius 1 is 0.409 bits per heavy atom. The van der Waals surface area contributed by atoms with Gasteiger partial charge in [0.05, 0.1) is 69.1 Å². The first-order valence-corrected chi connectivity index (χ1v) is 44.0. The van der Waals surface area contributed by atoms with Crippen molar-refractivity contribution in [2.75, 3.05) is 47.3 Å². The van der Waals surface area contributed by atoms with Crippen LogP contribution >= 0.6 is 0 Å². The number of rotatable bonds is 20. The van der Waals surface area contributed by atoms with Gasteiger partial charge in [-0.05, 0) is 222 Å². The first-order chi connectivity index (χ1) is 70.3. The van der Waals surface area contributed by atoms with Crippen molar-refractivity contribution in [3.05, 3.63) is 331 Å². The van der Waals surface area contributed by atoms with Gasteiger partial charge in [-0.2, -0.15) is 0 Å². The Morgan fingerprint density at radius 3 is 1.27 bits per heavy atom. The fourth-order valence-corrected chi connectivity index (χ4v) is 13.2. The summed E-state index contributed by atoms with van der Waals surface area (Å²) in [5, 5.41) is 101. The second-order valence-corrected chi connectivity index (χ2v) is 33.5. The zero-order chi connectivity index (χ0) is 110. The highest BCUT2D eigenvalue weighted by molar-refractivity contribution is 5.99. The van der Waals surface area contributed by atoms with Gasteiger partial charge in [0, 0.05) is 149 Å². The van der Waals surface area contributed by atoms with Crippen molar-refractivity contribution in [2.24, 2.45) is 5.92 Å². The number of amides is 2. The van der Waals surface area contributed by atoms with Crippen LogP contribution in [-0.2, 0) is 78.0 Å². The van der Waals surface area contributed by atoms with E-state index in [1.54, 1.807) is 97.1 Å². The molecule has 0 fully saturated rings. The number of hydrogen-bond donors (Lipinski definition) is 12. The second kappa shape index (κ2) is 52.9. The maximum atomic E-state index is 11.9. The third-order valence-corrected chi connectivity index (χ3v) is 19.8. The van der Waals surface area contributed by atoms with Crippen LogP contribution in [0.15, 0.2) is 285 Å². The Morgan fingerprint density at radius 2 is 0.819 bits per heavy atom. The minimum atomic E-state index is -1.33. The molecule has 8 aromatic carbocycles. The Bertz CT molecular complexity index is 7990. The average molecular weight is 2050 g/mol. The molecule has 1 aliphatic heterocycles. The first kappa shape index (κ1) is 115. The lowest BCUT2D eigenvalue weighted by atomic mass is 9.86. The van der Waals surface area contributed by atoms with Gasteiger partial charge in [0.25, 0.3) is 0 Å². The van der Waals surface area contributed by atoms with E-state index in [2.05, 4.69) is 29.6 Å². The topological polar surface area (TPSA) is 654 Å². The van der Waals surface area contributed by atoms with E-state index in [9.17, 15) is 102 Å². The Labute approximate surface area is 841 Å². The molecule has 0 saturated carbocycles. The molecule has 1 aliphatic rings. The van der Waals surface area contributed by atoms with Gasteiger partial charge in [0.15, 0.2) is 0 Å². The molecule has 0 saturated heterocycles. The summed E-state index contributed by atoms with van der Waals surface area (Å²) < 4.78 is 58.4. The summed E-state index contributed by atoms with van der Waals surface area (Å²) in [6.07, 6.45) is 12.5. The van der Waals surface area contributed by atoms with Crippen LogP contribution in [-0.4, -0.2) is 175 Å². The zero-order valence-corrected chi connectivity index (χ0v) is 81.5. The van der Waals surface area contributed by atoms with Gasteiger partial charge in [0.1, 0.15) is 84.8 Å². The van der Waals surface area contributed by atoms with Crippen LogP contribution in [0.5, 0.6) is 34.5 Å². The lowest BCUT2D eigenvalue weighted by Gasteiger charge is -2.26. The van der Waals surface area contributed by atoms with Crippen molar-refractivity contribution in [3.8, 4) is 34.5 Å². The third-order valence-electron chi connectivity index (χ3n) is 19.8. The van der Waals surface area contributed by atoms with Crippen LogP contribution in [0.25, 0.3) is 101 Å². The largest absolute Gasteiger partial charge is 0.508 e. The number of carbonyl (C=O) groups excluding carboxylic acids is 7. The number of nitrogens with zero attached hydrogens (tertiary/aromatic N) is 1. The van der Waals surface area contributed by atoms with Crippen molar-refractivity contribution in [3.63, 3.8) is 0 Å². The van der Waals surface area contributed by atoms with Crippen LogP contribution in [0.3, 0.4) is 0 Å². The molecule has 0 unspecified atom stereocenters. The van der Waals surface area contributed by atoms with E-state index in [4.69, 9.17) is 66.6 Å². The molecule has 149 heavy (non-hydrogen) atoms. The Hall–Kier alpha value is -19.7. The Kier molecular flexibility index (Phi) is 40.6. The molecule has 0 atom stereocenters. The molecule has 6 aromatic heterocycles. The summed E-state index contributed by atoms with van der Waals surface area (Å²) >= 11 is 0. The molecular weight excluding hydrogens is 1950 g/mol. The van der Waals surface area contributed by atoms with E-state index in [1.807, 2.05) is 37.3 Å². The maximum absolute atomic E-state index is 11.9. The number of carboxylic acids is 4. The number of aliphatic carboxylic acids is 3. The van der Waals surface area contributed by atoms with E-state index in [0.29, 0.717) is 56.7 Å². The number of benzene rings is 8. The van der Waals surface area contributed by atoms with Crippen LogP contribution in [0.2, 0.25) is 0 Å². The molecule has 42 heteroatoms. The fourth-order valence-electron chi connectivity index (χ4n) is 13.2. The molecular formula is C107H99N3O39. The highest BCUT2D eigenvalue weighted by atomic mass is 16.6. The number of phenolic OH excluding ortho intramolecular Hbond substituents is 6. The number of aromatic hydroxyl groups is 6. The van der Waals surface area contributed by atoms with Crippen molar-refractivity contribution >= 4 is 172 Å². The summed E-state index contributed by atoms with van der Waals surface area (Å²) in [5.74, 6) is -8.23. The van der Waals surface area contributed by atoms with Gasteiger partial charge >= 0.3 is 93.6 Å². The summed E-state index contributed by atoms with van der Waals surface area (Å²) in [7, 11) is 6.60. The molecule has 15 rings (SSSR count). The van der Waals surface area contributed by atoms with Crippen molar-refractivity contribution in [1.82, 2.24) is 10.2 Å².